The minimum atomic E-state index is -0.429. The van der Waals surface area contributed by atoms with E-state index in [-0.39, 0.29) is 11.9 Å². The monoisotopic (exact) mass is 311 g/mol. The molecule has 3 N–H and O–H groups in total. The van der Waals surface area contributed by atoms with Crippen molar-refractivity contribution in [2.75, 3.05) is 19.6 Å². The van der Waals surface area contributed by atoms with Crippen LogP contribution in [0.15, 0.2) is 18.2 Å². The smallest absolute Gasteiger partial charge is 0.221 e. The molecule has 0 spiro atoms. The first-order chi connectivity index (χ1) is 10.6. The van der Waals surface area contributed by atoms with Gasteiger partial charge in [-0.1, -0.05) is 6.42 Å². The summed E-state index contributed by atoms with van der Waals surface area (Å²) in [6, 6.07) is 3.68. The summed E-state index contributed by atoms with van der Waals surface area (Å²) in [5, 5.41) is 2.87. The van der Waals surface area contributed by atoms with E-state index in [2.05, 4.69) is 10.2 Å². The number of nitrogens with two attached hydrogens (primary N) is 1. The first-order valence-electron chi connectivity index (χ1n) is 7.75. The van der Waals surface area contributed by atoms with Gasteiger partial charge in [0.2, 0.25) is 5.91 Å². The number of benzene rings is 1. The quantitative estimate of drug-likeness (QED) is 0.842. The Morgan fingerprint density at radius 1 is 1.36 bits per heavy atom. The van der Waals surface area contributed by atoms with Gasteiger partial charge in [0.25, 0.3) is 0 Å². The Labute approximate surface area is 129 Å². The van der Waals surface area contributed by atoms with Crippen LogP contribution >= 0.6 is 0 Å². The molecule has 1 amide bonds. The maximum absolute atomic E-state index is 13.8. The average molecular weight is 311 g/mol. The zero-order chi connectivity index (χ0) is 15.9. The molecule has 0 aromatic heterocycles. The van der Waals surface area contributed by atoms with Gasteiger partial charge in [0.15, 0.2) is 0 Å². The van der Waals surface area contributed by atoms with Crippen LogP contribution in [0.2, 0.25) is 0 Å². The lowest BCUT2D eigenvalue weighted by atomic mass is 10.0. The Morgan fingerprint density at radius 2 is 2.18 bits per heavy atom. The summed E-state index contributed by atoms with van der Waals surface area (Å²) >= 11 is 0. The summed E-state index contributed by atoms with van der Waals surface area (Å²) in [7, 11) is 0. The number of halogens is 2. The highest BCUT2D eigenvalue weighted by molar-refractivity contribution is 5.76. The number of carbonyl (C=O) groups excluding carboxylic acids is 1. The van der Waals surface area contributed by atoms with E-state index in [1.807, 2.05) is 0 Å². The standard InChI is InChI=1S/C16H23F2N3O/c17-13-4-5-15(18)12(9-13)11-21-8-2-1-3-14(21)10-20-16(22)6-7-19/h4-5,9,14H,1-3,6-8,10-11,19H2,(H,20,22). The molecule has 0 saturated carbocycles. The Morgan fingerprint density at radius 3 is 2.95 bits per heavy atom. The fourth-order valence-corrected chi connectivity index (χ4v) is 2.83. The van der Waals surface area contributed by atoms with E-state index in [1.54, 1.807) is 0 Å². The lowest BCUT2D eigenvalue weighted by Crippen LogP contribution is -2.46. The molecule has 1 heterocycles. The second-order valence-electron chi connectivity index (χ2n) is 5.70. The van der Waals surface area contributed by atoms with E-state index >= 15 is 0 Å². The lowest BCUT2D eigenvalue weighted by Gasteiger charge is -2.36. The van der Waals surface area contributed by atoms with Crippen LogP contribution in [-0.2, 0) is 11.3 Å². The van der Waals surface area contributed by atoms with Crippen LogP contribution in [0.3, 0.4) is 0 Å². The van der Waals surface area contributed by atoms with Gasteiger partial charge in [-0.05, 0) is 37.6 Å². The summed E-state index contributed by atoms with van der Waals surface area (Å²) in [6.07, 6.45) is 3.37. The molecular formula is C16H23F2N3O. The molecule has 122 valence electrons. The first-order valence-corrected chi connectivity index (χ1v) is 7.75. The van der Waals surface area contributed by atoms with Crippen LogP contribution in [0.25, 0.3) is 0 Å². The van der Waals surface area contributed by atoms with Gasteiger partial charge in [-0.2, -0.15) is 0 Å². The van der Waals surface area contributed by atoms with E-state index in [0.29, 0.717) is 31.6 Å². The van der Waals surface area contributed by atoms with Crippen molar-refractivity contribution in [3.8, 4) is 0 Å². The van der Waals surface area contributed by atoms with E-state index in [0.717, 1.165) is 37.9 Å². The Balaban J connectivity index is 1.97. The molecule has 1 unspecified atom stereocenters. The van der Waals surface area contributed by atoms with Gasteiger partial charge in [-0.25, -0.2) is 8.78 Å². The zero-order valence-corrected chi connectivity index (χ0v) is 12.7. The molecule has 1 aliphatic heterocycles. The molecule has 0 aliphatic carbocycles. The van der Waals surface area contributed by atoms with Crippen LogP contribution in [-0.4, -0.2) is 36.5 Å². The average Bonchev–Trinajstić information content (AvgIpc) is 2.50. The fourth-order valence-electron chi connectivity index (χ4n) is 2.83. The molecule has 1 aromatic rings. The van der Waals surface area contributed by atoms with Gasteiger partial charge in [0, 0.05) is 37.7 Å². The number of nitrogens with zero attached hydrogens (tertiary/aromatic N) is 1. The molecule has 2 rings (SSSR count). The SMILES string of the molecule is NCCC(=O)NCC1CCCCN1Cc1cc(F)ccc1F. The highest BCUT2D eigenvalue weighted by Gasteiger charge is 2.23. The third-order valence-electron chi connectivity index (χ3n) is 4.04. The van der Waals surface area contributed by atoms with Gasteiger partial charge in [0.1, 0.15) is 11.6 Å². The van der Waals surface area contributed by atoms with Crippen molar-refractivity contribution in [2.45, 2.75) is 38.3 Å². The zero-order valence-electron chi connectivity index (χ0n) is 12.7. The number of piperidine rings is 1. The second kappa shape index (κ2) is 8.19. The van der Waals surface area contributed by atoms with Gasteiger partial charge < -0.3 is 11.1 Å². The molecule has 0 bridgehead atoms. The lowest BCUT2D eigenvalue weighted by molar-refractivity contribution is -0.121. The molecule has 0 radical (unpaired) electrons. The molecular weight excluding hydrogens is 288 g/mol. The van der Waals surface area contributed by atoms with Crippen molar-refractivity contribution >= 4 is 5.91 Å². The topological polar surface area (TPSA) is 58.4 Å². The Hall–Kier alpha value is -1.53. The molecule has 1 aromatic carbocycles. The molecule has 22 heavy (non-hydrogen) atoms. The fraction of sp³-hybridized carbons (Fsp3) is 0.562. The molecule has 4 nitrogen and oxygen atoms in total. The number of carbonyl (C=O) groups is 1. The van der Waals surface area contributed by atoms with Crippen LogP contribution in [0.5, 0.6) is 0 Å². The summed E-state index contributed by atoms with van der Waals surface area (Å²) < 4.78 is 27.1. The largest absolute Gasteiger partial charge is 0.354 e. The van der Waals surface area contributed by atoms with Crippen LogP contribution < -0.4 is 11.1 Å². The number of nitrogens with one attached hydrogen (secondary N) is 1. The number of amides is 1. The van der Waals surface area contributed by atoms with Crippen molar-refractivity contribution in [2.24, 2.45) is 5.73 Å². The van der Waals surface area contributed by atoms with Crippen molar-refractivity contribution < 1.29 is 13.6 Å². The van der Waals surface area contributed by atoms with Gasteiger partial charge in [-0.15, -0.1) is 0 Å². The van der Waals surface area contributed by atoms with Crippen LogP contribution in [0.1, 0.15) is 31.2 Å². The van der Waals surface area contributed by atoms with Crippen molar-refractivity contribution in [3.63, 3.8) is 0 Å². The van der Waals surface area contributed by atoms with Gasteiger partial charge in [0.05, 0.1) is 0 Å². The normalized spacial score (nSPS) is 19.1. The first kappa shape index (κ1) is 16.8. The third kappa shape index (κ3) is 4.74. The van der Waals surface area contributed by atoms with Crippen LogP contribution in [0, 0.1) is 11.6 Å². The van der Waals surface area contributed by atoms with E-state index < -0.39 is 11.6 Å². The summed E-state index contributed by atoms with van der Waals surface area (Å²) in [5.41, 5.74) is 5.71. The highest BCUT2D eigenvalue weighted by atomic mass is 19.1. The van der Waals surface area contributed by atoms with E-state index in [4.69, 9.17) is 5.73 Å². The van der Waals surface area contributed by atoms with E-state index in [1.165, 1.54) is 6.07 Å². The van der Waals surface area contributed by atoms with Gasteiger partial charge in [-0.3, -0.25) is 9.69 Å². The maximum atomic E-state index is 13.8. The number of hydrogen-bond donors (Lipinski definition) is 2. The molecule has 1 aliphatic rings. The van der Waals surface area contributed by atoms with Crippen molar-refractivity contribution in [1.82, 2.24) is 10.2 Å². The second-order valence-corrected chi connectivity index (χ2v) is 5.70. The number of hydrogen-bond acceptors (Lipinski definition) is 3. The van der Waals surface area contributed by atoms with Crippen molar-refractivity contribution in [3.05, 3.63) is 35.4 Å². The third-order valence-corrected chi connectivity index (χ3v) is 4.04. The molecule has 1 atom stereocenters. The maximum Gasteiger partial charge on any atom is 0.221 e. The summed E-state index contributed by atoms with van der Waals surface area (Å²) in [4.78, 5) is 13.6. The summed E-state index contributed by atoms with van der Waals surface area (Å²) in [5.74, 6) is -0.885. The molecule has 1 saturated heterocycles. The summed E-state index contributed by atoms with van der Waals surface area (Å²) in [6.45, 7) is 2.04. The van der Waals surface area contributed by atoms with Crippen molar-refractivity contribution in [1.29, 1.82) is 0 Å². The molecule has 6 heteroatoms. The number of likely N-dealkylation sites (tertiary alicyclic amines) is 1. The number of rotatable bonds is 6. The minimum absolute atomic E-state index is 0.0649. The highest BCUT2D eigenvalue weighted by Crippen LogP contribution is 2.21. The minimum Gasteiger partial charge on any atom is -0.354 e. The van der Waals surface area contributed by atoms with Gasteiger partial charge >= 0.3 is 0 Å². The van der Waals surface area contributed by atoms with Crippen LogP contribution in [0.4, 0.5) is 8.78 Å². The predicted octanol–water partition coefficient (Wildman–Crippen LogP) is 1.78. The predicted molar refractivity (Wildman–Crippen MR) is 81.1 cm³/mol. The Kier molecular flexibility index (Phi) is 6.27. The van der Waals surface area contributed by atoms with E-state index in [9.17, 15) is 13.6 Å². The molecule has 1 fully saturated rings. The Bertz CT molecular complexity index is 510.